The molecule has 2 fully saturated rings. The van der Waals surface area contributed by atoms with Crippen molar-refractivity contribution in [1.29, 1.82) is 0 Å². The van der Waals surface area contributed by atoms with Gasteiger partial charge in [0.2, 0.25) is 5.82 Å². The van der Waals surface area contributed by atoms with Crippen molar-refractivity contribution in [2.45, 2.75) is 32.0 Å². The molecule has 2 aliphatic heterocycles. The van der Waals surface area contributed by atoms with E-state index in [9.17, 15) is 4.79 Å². The fourth-order valence-electron chi connectivity index (χ4n) is 3.10. The number of likely N-dealkylation sites (tertiary alicyclic amines) is 1. The van der Waals surface area contributed by atoms with E-state index in [2.05, 4.69) is 28.8 Å². The molecule has 1 amide bonds. The van der Waals surface area contributed by atoms with Crippen LogP contribution >= 0.6 is 0 Å². The van der Waals surface area contributed by atoms with Crippen LogP contribution in [0.2, 0.25) is 0 Å². The van der Waals surface area contributed by atoms with Gasteiger partial charge in [-0.05, 0) is 13.8 Å². The number of nitrogens with zero attached hydrogens (tertiary/aromatic N) is 5. The molecule has 0 spiro atoms. The Hall–Kier alpha value is -1.47. The Labute approximate surface area is 118 Å². The lowest BCUT2D eigenvalue weighted by Crippen LogP contribution is -2.53. The van der Waals surface area contributed by atoms with Gasteiger partial charge in [-0.3, -0.25) is 14.4 Å². The second kappa shape index (κ2) is 5.14. The van der Waals surface area contributed by atoms with Crippen molar-refractivity contribution >= 4 is 5.91 Å². The van der Waals surface area contributed by atoms with Crippen LogP contribution in [0.5, 0.6) is 0 Å². The van der Waals surface area contributed by atoms with E-state index in [1.807, 2.05) is 4.90 Å². The van der Waals surface area contributed by atoms with Crippen molar-refractivity contribution in [3.63, 3.8) is 0 Å². The summed E-state index contributed by atoms with van der Waals surface area (Å²) in [5.41, 5.74) is 0. The standard InChI is InChI=1S/C13H21N5O2/c1-9(2)18-4-5-20-11-7-17(6-10(11)18)13(19)12-14-8-16(3)15-12/h8-11H,4-7H2,1-3H3. The Bertz CT molecular complexity index is 501. The molecule has 2 atom stereocenters. The van der Waals surface area contributed by atoms with Crippen LogP contribution in [0, 0.1) is 0 Å². The average molecular weight is 279 g/mol. The van der Waals surface area contributed by atoms with Crippen molar-refractivity contribution in [2.75, 3.05) is 26.2 Å². The molecule has 20 heavy (non-hydrogen) atoms. The molecule has 0 bridgehead atoms. The zero-order chi connectivity index (χ0) is 14.3. The number of fused-ring (bicyclic) bond motifs is 1. The van der Waals surface area contributed by atoms with Gasteiger partial charge < -0.3 is 9.64 Å². The number of carbonyl (C=O) groups is 1. The lowest BCUT2D eigenvalue weighted by Gasteiger charge is -2.39. The van der Waals surface area contributed by atoms with Crippen LogP contribution in [0.15, 0.2) is 6.33 Å². The SMILES string of the molecule is CC(C)N1CCOC2CN(C(=O)c3ncn(C)n3)CC21. The molecule has 0 radical (unpaired) electrons. The molecule has 0 aromatic carbocycles. The van der Waals surface area contributed by atoms with E-state index in [0.29, 0.717) is 19.1 Å². The van der Waals surface area contributed by atoms with Gasteiger partial charge in [0.25, 0.3) is 5.91 Å². The maximum atomic E-state index is 12.4. The smallest absolute Gasteiger partial charge is 0.293 e. The summed E-state index contributed by atoms with van der Waals surface area (Å²) in [6.07, 6.45) is 1.66. The molecule has 110 valence electrons. The Morgan fingerprint density at radius 3 is 2.90 bits per heavy atom. The summed E-state index contributed by atoms with van der Waals surface area (Å²) in [6, 6.07) is 0.755. The predicted octanol–water partition coefficient (Wildman–Crippen LogP) is -0.251. The molecule has 2 saturated heterocycles. The lowest BCUT2D eigenvalue weighted by atomic mass is 10.1. The first-order chi connectivity index (χ1) is 9.56. The van der Waals surface area contributed by atoms with E-state index in [0.717, 1.165) is 13.2 Å². The summed E-state index contributed by atoms with van der Waals surface area (Å²) in [4.78, 5) is 20.7. The molecular formula is C13H21N5O2. The van der Waals surface area contributed by atoms with Crippen LogP contribution in [0.3, 0.4) is 0 Å². The second-order valence-corrected chi connectivity index (χ2v) is 5.76. The number of ether oxygens (including phenoxy) is 1. The number of aromatic nitrogens is 3. The summed E-state index contributed by atoms with van der Waals surface area (Å²) in [5, 5.41) is 4.09. The normalized spacial score (nSPS) is 27.1. The minimum atomic E-state index is -0.104. The number of amides is 1. The molecule has 3 rings (SSSR count). The number of rotatable bonds is 2. The molecule has 1 aromatic rings. The lowest BCUT2D eigenvalue weighted by molar-refractivity contribution is -0.0582. The molecule has 0 aliphatic carbocycles. The summed E-state index contributed by atoms with van der Waals surface area (Å²) in [6.45, 7) is 7.37. The van der Waals surface area contributed by atoms with E-state index >= 15 is 0 Å². The molecule has 3 heterocycles. The maximum absolute atomic E-state index is 12.4. The van der Waals surface area contributed by atoms with E-state index < -0.39 is 0 Å². The Morgan fingerprint density at radius 2 is 2.25 bits per heavy atom. The highest BCUT2D eigenvalue weighted by Gasteiger charge is 2.43. The summed E-state index contributed by atoms with van der Waals surface area (Å²) in [7, 11) is 1.76. The van der Waals surface area contributed by atoms with Gasteiger partial charge in [0.1, 0.15) is 6.33 Å². The van der Waals surface area contributed by atoms with Gasteiger partial charge >= 0.3 is 0 Å². The summed E-state index contributed by atoms with van der Waals surface area (Å²) >= 11 is 0. The number of morpholine rings is 1. The first-order valence-electron chi connectivity index (χ1n) is 7.08. The Balaban J connectivity index is 1.73. The van der Waals surface area contributed by atoms with Gasteiger partial charge in [0.05, 0.1) is 18.8 Å². The topological polar surface area (TPSA) is 63.5 Å². The van der Waals surface area contributed by atoms with Gasteiger partial charge in [-0.25, -0.2) is 4.98 Å². The van der Waals surface area contributed by atoms with E-state index in [1.54, 1.807) is 18.1 Å². The zero-order valence-corrected chi connectivity index (χ0v) is 12.2. The van der Waals surface area contributed by atoms with E-state index in [1.165, 1.54) is 0 Å². The number of carbonyl (C=O) groups excluding carboxylic acids is 1. The van der Waals surface area contributed by atoms with Crippen molar-refractivity contribution in [1.82, 2.24) is 24.6 Å². The third kappa shape index (κ3) is 2.31. The summed E-state index contributed by atoms with van der Waals surface area (Å²) < 4.78 is 7.37. The van der Waals surface area contributed by atoms with Crippen molar-refractivity contribution in [3.8, 4) is 0 Å². The third-order valence-corrected chi connectivity index (χ3v) is 4.09. The largest absolute Gasteiger partial charge is 0.373 e. The van der Waals surface area contributed by atoms with Gasteiger partial charge in [-0.2, -0.15) is 0 Å². The van der Waals surface area contributed by atoms with Crippen LogP contribution in [-0.4, -0.2) is 74.9 Å². The summed E-state index contributed by atoms with van der Waals surface area (Å²) in [5.74, 6) is 0.162. The quantitative estimate of drug-likeness (QED) is 0.747. The highest BCUT2D eigenvalue weighted by molar-refractivity contribution is 5.90. The van der Waals surface area contributed by atoms with Crippen LogP contribution in [0.25, 0.3) is 0 Å². The van der Waals surface area contributed by atoms with Crippen molar-refractivity contribution in [2.24, 2.45) is 7.05 Å². The average Bonchev–Trinajstić information content (AvgIpc) is 3.02. The minimum absolute atomic E-state index is 0.104. The molecule has 1 aromatic heterocycles. The first-order valence-corrected chi connectivity index (χ1v) is 7.08. The maximum Gasteiger partial charge on any atom is 0.293 e. The third-order valence-electron chi connectivity index (χ3n) is 4.09. The Morgan fingerprint density at radius 1 is 1.45 bits per heavy atom. The monoisotopic (exact) mass is 279 g/mol. The van der Waals surface area contributed by atoms with Gasteiger partial charge in [0, 0.05) is 32.7 Å². The van der Waals surface area contributed by atoms with E-state index in [-0.39, 0.29) is 23.9 Å². The molecule has 7 nitrogen and oxygen atoms in total. The van der Waals surface area contributed by atoms with Crippen LogP contribution < -0.4 is 0 Å². The fraction of sp³-hybridized carbons (Fsp3) is 0.769. The number of hydrogen-bond acceptors (Lipinski definition) is 5. The fourth-order valence-corrected chi connectivity index (χ4v) is 3.10. The Kier molecular flexibility index (Phi) is 3.47. The van der Waals surface area contributed by atoms with Crippen molar-refractivity contribution in [3.05, 3.63) is 12.2 Å². The zero-order valence-electron chi connectivity index (χ0n) is 12.2. The van der Waals surface area contributed by atoms with E-state index in [4.69, 9.17) is 4.74 Å². The molecule has 2 aliphatic rings. The van der Waals surface area contributed by atoms with Crippen molar-refractivity contribution < 1.29 is 9.53 Å². The number of aryl methyl sites for hydroxylation is 1. The van der Waals surface area contributed by atoms with Gasteiger partial charge in [0.15, 0.2) is 0 Å². The molecule has 2 unspecified atom stereocenters. The van der Waals surface area contributed by atoms with Gasteiger partial charge in [-0.1, -0.05) is 0 Å². The first kappa shape index (κ1) is 13.5. The number of hydrogen-bond donors (Lipinski definition) is 0. The molecule has 0 saturated carbocycles. The molecule has 0 N–H and O–H groups in total. The van der Waals surface area contributed by atoms with Gasteiger partial charge in [-0.15, -0.1) is 5.10 Å². The van der Waals surface area contributed by atoms with Crippen LogP contribution in [-0.2, 0) is 11.8 Å². The van der Waals surface area contributed by atoms with Crippen LogP contribution in [0.4, 0.5) is 0 Å². The minimum Gasteiger partial charge on any atom is -0.373 e. The highest BCUT2D eigenvalue weighted by atomic mass is 16.5. The highest BCUT2D eigenvalue weighted by Crippen LogP contribution is 2.25. The molecular weight excluding hydrogens is 258 g/mol. The van der Waals surface area contributed by atoms with Crippen LogP contribution in [0.1, 0.15) is 24.5 Å². The second-order valence-electron chi connectivity index (χ2n) is 5.76. The molecule has 7 heteroatoms. The predicted molar refractivity (Wildman–Crippen MR) is 72.3 cm³/mol.